The van der Waals surface area contributed by atoms with Crippen LogP contribution in [0.25, 0.3) is 0 Å². The molecule has 0 saturated carbocycles. The molecule has 1 aromatic heterocycles. The molecule has 2 aliphatic heterocycles. The van der Waals surface area contributed by atoms with Gasteiger partial charge in [0.1, 0.15) is 11.6 Å². The predicted octanol–water partition coefficient (Wildman–Crippen LogP) is 2.81. The highest BCUT2D eigenvalue weighted by Gasteiger charge is 2.29. The zero-order valence-corrected chi connectivity index (χ0v) is 25.3. The highest BCUT2D eigenvalue weighted by molar-refractivity contribution is 6.33. The molecule has 14 heteroatoms. The molecule has 2 aliphatic rings. The van der Waals surface area contributed by atoms with E-state index < -0.39 is 18.0 Å². The molecule has 0 bridgehead atoms. The van der Waals surface area contributed by atoms with Crippen LogP contribution in [0, 0.1) is 5.82 Å². The molecule has 1 atom stereocenters. The summed E-state index contributed by atoms with van der Waals surface area (Å²) in [4.78, 5) is 28.9. The van der Waals surface area contributed by atoms with Gasteiger partial charge in [0.2, 0.25) is 0 Å². The van der Waals surface area contributed by atoms with Crippen molar-refractivity contribution in [3.05, 3.63) is 70.4 Å². The number of aromatic nitrogens is 2. The van der Waals surface area contributed by atoms with Gasteiger partial charge in [0.05, 0.1) is 36.5 Å². The quantitative estimate of drug-likeness (QED) is 0.197. The Morgan fingerprint density at radius 1 is 1.09 bits per heavy atom. The van der Waals surface area contributed by atoms with Crippen LogP contribution in [-0.4, -0.2) is 113 Å². The Kier molecular flexibility index (Phi) is 10.4. The normalized spacial score (nSPS) is 18.4. The number of nitrogens with one attached hydrogen (secondary N) is 2. The number of phenolic OH excluding ortho intramolecular Hbond substituents is 1. The van der Waals surface area contributed by atoms with Gasteiger partial charge in [-0.2, -0.15) is 0 Å². The number of hydrogen-bond donors (Lipinski definition) is 4. The summed E-state index contributed by atoms with van der Waals surface area (Å²) in [5.74, 6) is -1.68. The van der Waals surface area contributed by atoms with Gasteiger partial charge >= 0.3 is 0 Å². The van der Waals surface area contributed by atoms with Gasteiger partial charge in [-0.15, -0.1) is 0 Å². The number of phenols is 1. The number of rotatable bonds is 10. The average Bonchev–Trinajstić information content (AvgIpc) is 3.01. The number of aliphatic hydroxyl groups excluding tert-OH is 1. The fourth-order valence-electron chi connectivity index (χ4n) is 5.27. The van der Waals surface area contributed by atoms with Gasteiger partial charge in [0.15, 0.2) is 17.9 Å². The zero-order chi connectivity index (χ0) is 31.2. The Labute approximate surface area is 260 Å². The fourth-order valence-corrected chi connectivity index (χ4v) is 5.49. The molecule has 11 nitrogen and oxygen atoms in total. The minimum Gasteiger partial charge on any atom is -0.506 e. The highest BCUT2D eigenvalue weighted by Crippen LogP contribution is 2.33. The minimum absolute atomic E-state index is 0.00623. The van der Waals surface area contributed by atoms with Gasteiger partial charge in [-0.3, -0.25) is 14.6 Å². The van der Waals surface area contributed by atoms with Gasteiger partial charge in [-0.25, -0.2) is 18.7 Å². The van der Waals surface area contributed by atoms with Gasteiger partial charge in [-0.05, 0) is 36.9 Å². The Morgan fingerprint density at radius 2 is 1.84 bits per heavy atom. The lowest BCUT2D eigenvalue weighted by Crippen LogP contribution is -2.52. The summed E-state index contributed by atoms with van der Waals surface area (Å²) in [7, 11) is 2.13. The van der Waals surface area contributed by atoms with Crippen molar-refractivity contribution in [3.8, 4) is 5.75 Å². The molecule has 2 aromatic carbocycles. The van der Waals surface area contributed by atoms with Crippen molar-refractivity contribution in [2.24, 2.45) is 0 Å². The molecule has 3 aromatic rings. The van der Waals surface area contributed by atoms with Crippen molar-refractivity contribution in [1.82, 2.24) is 30.0 Å². The third kappa shape index (κ3) is 7.90. The molecule has 3 heterocycles. The number of likely N-dealkylation sites (N-methyl/N-ethyl adjacent to an activating group) is 1. The summed E-state index contributed by atoms with van der Waals surface area (Å²) in [5.41, 5.74) is 2.43. The molecule has 1 amide bonds. The predicted molar refractivity (Wildman–Crippen MR) is 165 cm³/mol. The second kappa shape index (κ2) is 14.4. The van der Waals surface area contributed by atoms with E-state index in [-0.39, 0.29) is 54.2 Å². The molecule has 0 radical (unpaired) electrons. The van der Waals surface area contributed by atoms with Crippen LogP contribution in [0.5, 0.6) is 5.75 Å². The summed E-state index contributed by atoms with van der Waals surface area (Å²) >= 11 is 6.26. The summed E-state index contributed by atoms with van der Waals surface area (Å²) in [6, 6.07) is 11.0. The number of carbonyl (C=O) groups is 1. The van der Waals surface area contributed by atoms with Gasteiger partial charge in [-0.1, -0.05) is 23.7 Å². The van der Waals surface area contributed by atoms with E-state index in [0.717, 1.165) is 44.6 Å². The number of piperazine rings is 2. The number of nitrogens with zero attached hydrogens (tertiary/aromatic N) is 6. The number of anilines is 3. The van der Waals surface area contributed by atoms with Crippen molar-refractivity contribution in [1.29, 1.82) is 0 Å². The van der Waals surface area contributed by atoms with E-state index in [0.29, 0.717) is 18.8 Å². The first-order valence-electron chi connectivity index (χ1n) is 14.5. The number of benzene rings is 2. The molecule has 236 valence electrons. The van der Waals surface area contributed by atoms with Crippen LogP contribution in [0.3, 0.4) is 0 Å². The molecule has 4 N–H and O–H groups in total. The van der Waals surface area contributed by atoms with Crippen LogP contribution >= 0.6 is 11.6 Å². The molecular formula is C30H37ClF2N8O3. The van der Waals surface area contributed by atoms with E-state index in [9.17, 15) is 18.7 Å². The Morgan fingerprint density at radius 3 is 2.55 bits per heavy atom. The van der Waals surface area contributed by atoms with E-state index >= 15 is 0 Å². The van der Waals surface area contributed by atoms with Crippen LogP contribution in [0.1, 0.15) is 21.7 Å². The Balaban J connectivity index is 1.21. The van der Waals surface area contributed by atoms with Crippen LogP contribution in [0.4, 0.5) is 26.0 Å². The lowest BCUT2D eigenvalue weighted by atomic mass is 10.1. The lowest BCUT2D eigenvalue weighted by molar-refractivity contribution is 0.0538. The first-order valence-corrected chi connectivity index (χ1v) is 14.9. The van der Waals surface area contributed by atoms with Crippen molar-refractivity contribution >= 4 is 34.7 Å². The number of hydrogen-bond acceptors (Lipinski definition) is 10. The number of aliphatic hydroxyl groups is 1. The summed E-state index contributed by atoms with van der Waals surface area (Å²) < 4.78 is 29.1. The van der Waals surface area contributed by atoms with Crippen molar-refractivity contribution < 1.29 is 23.8 Å². The number of carbonyl (C=O) groups excluding carboxylic acids is 1. The Bertz CT molecular complexity index is 1440. The molecular weight excluding hydrogens is 594 g/mol. The second-order valence-corrected chi connectivity index (χ2v) is 11.4. The largest absolute Gasteiger partial charge is 0.506 e. The maximum absolute atomic E-state index is 14.6. The lowest BCUT2D eigenvalue weighted by Gasteiger charge is -2.37. The van der Waals surface area contributed by atoms with Crippen LogP contribution in [0.15, 0.2) is 42.6 Å². The van der Waals surface area contributed by atoms with Crippen LogP contribution < -0.4 is 15.5 Å². The number of alkyl halides is 1. The minimum atomic E-state index is -1.39. The van der Waals surface area contributed by atoms with E-state index in [2.05, 4.69) is 49.6 Å². The van der Waals surface area contributed by atoms with Gasteiger partial charge in [0.25, 0.3) is 5.91 Å². The molecule has 44 heavy (non-hydrogen) atoms. The molecule has 0 aliphatic carbocycles. The third-order valence-electron chi connectivity index (χ3n) is 7.85. The van der Waals surface area contributed by atoms with E-state index in [1.807, 2.05) is 12.1 Å². The highest BCUT2D eigenvalue weighted by atomic mass is 35.5. The van der Waals surface area contributed by atoms with Gasteiger partial charge in [0, 0.05) is 63.7 Å². The summed E-state index contributed by atoms with van der Waals surface area (Å²) in [6.07, 6.45) is -0.408. The van der Waals surface area contributed by atoms with Crippen LogP contribution in [0.2, 0.25) is 5.02 Å². The average molecular weight is 631 g/mol. The van der Waals surface area contributed by atoms with E-state index in [1.165, 1.54) is 27.5 Å². The van der Waals surface area contributed by atoms with Crippen molar-refractivity contribution in [3.63, 3.8) is 0 Å². The molecule has 1 unspecified atom stereocenters. The monoisotopic (exact) mass is 630 g/mol. The topological polar surface area (TPSA) is 120 Å². The third-order valence-corrected chi connectivity index (χ3v) is 8.13. The maximum atomic E-state index is 14.6. The van der Waals surface area contributed by atoms with Gasteiger partial charge < -0.3 is 30.6 Å². The summed E-state index contributed by atoms with van der Waals surface area (Å²) in [6.45, 7) is 5.39. The second-order valence-electron chi connectivity index (χ2n) is 11.0. The zero-order valence-electron chi connectivity index (χ0n) is 24.5. The first-order chi connectivity index (χ1) is 21.2. The maximum Gasteiger partial charge on any atom is 0.255 e. The molecule has 2 saturated heterocycles. The van der Waals surface area contributed by atoms with E-state index in [4.69, 9.17) is 16.7 Å². The first kappa shape index (κ1) is 31.8. The summed E-state index contributed by atoms with van der Waals surface area (Å²) in [5, 5.41) is 25.5. The van der Waals surface area contributed by atoms with Crippen molar-refractivity contribution in [2.75, 3.05) is 76.2 Å². The molecule has 2 fully saturated rings. The van der Waals surface area contributed by atoms with Crippen LogP contribution in [-0.2, 0) is 13.1 Å². The van der Waals surface area contributed by atoms with E-state index in [1.54, 1.807) is 0 Å². The fraction of sp³-hybridized carbons (Fsp3) is 0.433. The number of halogens is 3. The number of amides is 1. The number of β-amino-alcohol motifs (C(OH)–C–C–N with tert-alkyl or cyclic N) is 1. The standard InChI is InChI=1S/C30H37ClF2N8O3/c1-38-6-8-39(9-7-38)18-20-2-4-21(5-3-20)36-22-14-23(28(43)24(31)15-22)30(44)35-17-27-34-16-25(32)29(37-27)41-11-10-40(12-13-42)26(33)19-41/h2-5,14-16,26,36,42-43H,6-13,17-19H2,1H3,(H,35,44). The van der Waals surface area contributed by atoms with Crippen molar-refractivity contribution in [2.45, 2.75) is 19.4 Å². The smallest absolute Gasteiger partial charge is 0.255 e. The number of aromatic hydroxyl groups is 1. The Hall–Kier alpha value is -3.62. The molecule has 0 spiro atoms. The molecule has 5 rings (SSSR count). The SMILES string of the molecule is CN1CCN(Cc2ccc(Nc3cc(Cl)c(O)c(C(=O)NCc4ncc(F)c(N5CCN(CCO)C(F)C5)n4)c3)cc2)CC1.